The van der Waals surface area contributed by atoms with Gasteiger partial charge in [0, 0.05) is 10.7 Å². The van der Waals surface area contributed by atoms with Crippen molar-refractivity contribution in [3.8, 4) is 0 Å². The lowest BCUT2D eigenvalue weighted by atomic mass is 10.2. The fourth-order valence-corrected chi connectivity index (χ4v) is 3.51. The van der Waals surface area contributed by atoms with Crippen LogP contribution in [0.5, 0.6) is 0 Å². The minimum atomic E-state index is -3.11. The largest absolute Gasteiger partial charge is 0.224 e. The van der Waals surface area contributed by atoms with E-state index in [0.29, 0.717) is 9.37 Å². The van der Waals surface area contributed by atoms with Crippen LogP contribution < -0.4 is 0 Å². The maximum Gasteiger partial charge on any atom is 0.176 e. The van der Waals surface area contributed by atoms with Crippen LogP contribution in [0.4, 0.5) is 0 Å². The van der Waals surface area contributed by atoms with E-state index in [-0.39, 0.29) is 0 Å². The van der Waals surface area contributed by atoms with E-state index in [1.165, 1.54) is 6.26 Å². The highest BCUT2D eigenvalue weighted by Crippen LogP contribution is 2.24. The van der Waals surface area contributed by atoms with E-state index in [0.717, 1.165) is 5.56 Å². The molecule has 0 unspecified atom stereocenters. The quantitative estimate of drug-likeness (QED) is 0.764. The molecule has 0 radical (unpaired) electrons. The van der Waals surface area contributed by atoms with Crippen molar-refractivity contribution in [2.75, 3.05) is 6.26 Å². The summed E-state index contributed by atoms with van der Waals surface area (Å²) in [4.78, 5) is 0.380. The van der Waals surface area contributed by atoms with E-state index >= 15 is 0 Å². The summed E-state index contributed by atoms with van der Waals surface area (Å²) >= 11 is 3.20. The maximum atomic E-state index is 11.2. The molecule has 0 N–H and O–H groups in total. The van der Waals surface area contributed by atoms with Gasteiger partial charge in [0.2, 0.25) is 0 Å². The van der Waals surface area contributed by atoms with Gasteiger partial charge in [-0.25, -0.2) is 8.42 Å². The third-order valence-electron chi connectivity index (χ3n) is 1.53. The molecule has 66 valence electrons. The van der Waals surface area contributed by atoms with Gasteiger partial charge < -0.3 is 0 Å². The molecule has 0 aliphatic rings. The van der Waals surface area contributed by atoms with Crippen molar-refractivity contribution in [3.63, 3.8) is 0 Å². The zero-order valence-corrected chi connectivity index (χ0v) is 9.24. The Kier molecular flexibility index (Phi) is 2.58. The molecule has 0 heterocycles. The fraction of sp³-hybridized carbons (Fsp3) is 0.250. The van der Waals surface area contributed by atoms with Crippen molar-refractivity contribution >= 4 is 25.8 Å². The highest BCUT2D eigenvalue weighted by atomic mass is 79.9. The van der Waals surface area contributed by atoms with Gasteiger partial charge in [-0.2, -0.15) is 0 Å². The number of aryl methyl sites for hydroxylation is 1. The third-order valence-corrected chi connectivity index (χ3v) is 3.74. The van der Waals surface area contributed by atoms with Gasteiger partial charge >= 0.3 is 0 Å². The predicted octanol–water partition coefficient (Wildman–Crippen LogP) is 2.16. The summed E-state index contributed by atoms with van der Waals surface area (Å²) in [5.41, 5.74) is 0.770. The Morgan fingerprint density at radius 3 is 2.25 bits per heavy atom. The Hall–Kier alpha value is -0.350. The van der Waals surface area contributed by atoms with Crippen LogP contribution in [-0.4, -0.2) is 14.7 Å². The molecule has 0 aliphatic heterocycles. The zero-order chi connectivity index (χ0) is 9.35. The lowest BCUT2D eigenvalue weighted by Gasteiger charge is -2.04. The molecule has 0 spiro atoms. The Morgan fingerprint density at radius 1 is 1.33 bits per heavy atom. The molecule has 0 fully saturated rings. The molecular formula is C8H9BrO2S. The van der Waals surface area contributed by atoms with Crippen LogP contribution in [0.2, 0.25) is 0 Å². The van der Waals surface area contributed by atoms with Crippen LogP contribution in [0.25, 0.3) is 0 Å². The highest BCUT2D eigenvalue weighted by Gasteiger charge is 2.13. The molecule has 0 amide bonds. The molecule has 0 atom stereocenters. The predicted molar refractivity (Wildman–Crippen MR) is 52.0 cm³/mol. The molecule has 12 heavy (non-hydrogen) atoms. The first kappa shape index (κ1) is 9.74. The normalized spacial score (nSPS) is 11.6. The van der Waals surface area contributed by atoms with E-state index in [1.54, 1.807) is 19.1 Å². The summed E-state index contributed by atoms with van der Waals surface area (Å²) in [5, 5.41) is 0. The van der Waals surface area contributed by atoms with Crippen molar-refractivity contribution in [2.24, 2.45) is 0 Å². The summed E-state index contributed by atoms with van der Waals surface area (Å²) in [6.07, 6.45) is 1.21. The highest BCUT2D eigenvalue weighted by molar-refractivity contribution is 9.10. The topological polar surface area (TPSA) is 34.1 Å². The smallest absolute Gasteiger partial charge is 0.176 e. The van der Waals surface area contributed by atoms with Gasteiger partial charge in [0.05, 0.1) is 4.90 Å². The first-order chi connectivity index (χ1) is 5.43. The van der Waals surface area contributed by atoms with Crippen molar-refractivity contribution in [3.05, 3.63) is 28.2 Å². The molecule has 4 heteroatoms. The van der Waals surface area contributed by atoms with Crippen molar-refractivity contribution < 1.29 is 8.42 Å². The molecule has 1 aromatic rings. The lowest BCUT2D eigenvalue weighted by Crippen LogP contribution is -2.00. The van der Waals surface area contributed by atoms with E-state index in [2.05, 4.69) is 15.9 Å². The number of benzene rings is 1. The van der Waals surface area contributed by atoms with Crippen molar-refractivity contribution in [1.29, 1.82) is 0 Å². The third kappa shape index (κ3) is 1.87. The Balaban J connectivity index is 3.53. The average molecular weight is 249 g/mol. The van der Waals surface area contributed by atoms with Crippen LogP contribution in [0, 0.1) is 6.92 Å². The fourth-order valence-electron chi connectivity index (χ4n) is 1.09. The van der Waals surface area contributed by atoms with Gasteiger partial charge in [0.25, 0.3) is 0 Å². The molecule has 1 rings (SSSR count). The number of sulfone groups is 1. The summed E-state index contributed by atoms with van der Waals surface area (Å²) in [7, 11) is -3.11. The summed E-state index contributed by atoms with van der Waals surface area (Å²) in [6.45, 7) is 1.78. The zero-order valence-electron chi connectivity index (χ0n) is 6.83. The van der Waals surface area contributed by atoms with Gasteiger partial charge in [-0.05, 0) is 34.5 Å². The van der Waals surface area contributed by atoms with Crippen molar-refractivity contribution in [1.82, 2.24) is 0 Å². The second-order valence-corrected chi connectivity index (χ2v) is 5.46. The lowest BCUT2D eigenvalue weighted by molar-refractivity contribution is 0.601. The van der Waals surface area contributed by atoms with Gasteiger partial charge in [-0.15, -0.1) is 0 Å². The van der Waals surface area contributed by atoms with Crippen LogP contribution >= 0.6 is 15.9 Å². The van der Waals surface area contributed by atoms with E-state index in [4.69, 9.17) is 0 Å². The second-order valence-electron chi connectivity index (χ2n) is 2.66. The molecule has 0 saturated carbocycles. The van der Waals surface area contributed by atoms with Gasteiger partial charge in [0.15, 0.2) is 9.84 Å². The van der Waals surface area contributed by atoms with Crippen LogP contribution in [0.1, 0.15) is 5.56 Å². The Morgan fingerprint density at radius 2 is 1.92 bits per heavy atom. The van der Waals surface area contributed by atoms with E-state index in [1.807, 2.05) is 6.07 Å². The minimum Gasteiger partial charge on any atom is -0.224 e. The summed E-state index contributed by atoms with van der Waals surface area (Å²) < 4.78 is 23.1. The molecule has 2 nitrogen and oxygen atoms in total. The first-order valence-electron chi connectivity index (χ1n) is 3.38. The number of hydrogen-bond acceptors (Lipinski definition) is 2. The van der Waals surface area contributed by atoms with Crippen LogP contribution in [0.15, 0.2) is 27.6 Å². The van der Waals surface area contributed by atoms with Crippen LogP contribution in [-0.2, 0) is 9.84 Å². The SMILES string of the molecule is Cc1cccc(Br)c1S(C)(=O)=O. The maximum absolute atomic E-state index is 11.2. The molecular weight excluding hydrogens is 240 g/mol. The summed E-state index contributed by atoms with van der Waals surface area (Å²) in [6, 6.07) is 5.32. The molecule has 0 aliphatic carbocycles. The van der Waals surface area contributed by atoms with E-state index in [9.17, 15) is 8.42 Å². The number of hydrogen-bond donors (Lipinski definition) is 0. The minimum absolute atomic E-state index is 0.380. The van der Waals surface area contributed by atoms with Gasteiger partial charge in [-0.1, -0.05) is 12.1 Å². The van der Waals surface area contributed by atoms with Gasteiger partial charge in [-0.3, -0.25) is 0 Å². The monoisotopic (exact) mass is 248 g/mol. The molecule has 0 bridgehead atoms. The molecule has 0 saturated heterocycles. The average Bonchev–Trinajstić information content (AvgIpc) is 1.82. The number of rotatable bonds is 1. The number of halogens is 1. The second kappa shape index (κ2) is 3.18. The summed E-state index contributed by atoms with van der Waals surface area (Å²) in [5.74, 6) is 0. The molecule has 0 aromatic heterocycles. The molecule has 1 aromatic carbocycles. The van der Waals surface area contributed by atoms with Crippen molar-refractivity contribution in [2.45, 2.75) is 11.8 Å². The Labute approximate surface area is 80.7 Å². The van der Waals surface area contributed by atoms with Gasteiger partial charge in [0.1, 0.15) is 0 Å². The van der Waals surface area contributed by atoms with E-state index < -0.39 is 9.84 Å². The Bertz CT molecular complexity index is 375. The first-order valence-corrected chi connectivity index (χ1v) is 6.06. The standard InChI is InChI=1S/C8H9BrO2S/c1-6-4-3-5-7(9)8(6)12(2,10)11/h3-5H,1-2H3. The van der Waals surface area contributed by atoms with Crippen LogP contribution in [0.3, 0.4) is 0 Å².